The minimum Gasteiger partial charge on any atom is -0.484 e. The number of carbonyl (C=O) groups is 2. The normalized spacial score (nSPS) is 11.5. The molecule has 0 bridgehead atoms. The third-order valence-electron chi connectivity index (χ3n) is 4.09. The number of carbonyl (C=O) groups excluding carboxylic acids is 2. The molecule has 0 fully saturated rings. The second-order valence-corrected chi connectivity index (χ2v) is 6.22. The highest BCUT2D eigenvalue weighted by molar-refractivity contribution is 5.87. The van der Waals surface area contributed by atoms with E-state index in [1.807, 2.05) is 37.3 Å². The third kappa shape index (κ3) is 6.40. The molecule has 0 aliphatic heterocycles. The van der Waals surface area contributed by atoms with Crippen molar-refractivity contribution in [3.8, 4) is 5.75 Å². The Morgan fingerprint density at radius 1 is 1.11 bits per heavy atom. The Kier molecular flexibility index (Phi) is 7.79. The van der Waals surface area contributed by atoms with Gasteiger partial charge in [0.2, 0.25) is 5.91 Å². The second kappa shape index (κ2) is 10.3. The number of hydrogen-bond donors (Lipinski definition) is 1. The van der Waals surface area contributed by atoms with Crippen LogP contribution in [0.2, 0.25) is 0 Å². The van der Waals surface area contributed by atoms with Gasteiger partial charge in [0.1, 0.15) is 17.6 Å². The van der Waals surface area contributed by atoms with E-state index in [4.69, 9.17) is 4.74 Å². The molecule has 5 nitrogen and oxygen atoms in total. The zero-order valence-electron chi connectivity index (χ0n) is 15.7. The summed E-state index contributed by atoms with van der Waals surface area (Å²) in [5, 5.41) is 2.82. The maximum atomic E-state index is 13.0. The lowest BCUT2D eigenvalue weighted by Crippen LogP contribution is -2.49. The van der Waals surface area contributed by atoms with Crippen LogP contribution >= 0.6 is 0 Å². The van der Waals surface area contributed by atoms with Gasteiger partial charge in [0.15, 0.2) is 6.61 Å². The molecular weight excluding hydrogens is 347 g/mol. The van der Waals surface area contributed by atoms with Crippen LogP contribution in [0.25, 0.3) is 0 Å². The van der Waals surface area contributed by atoms with Gasteiger partial charge < -0.3 is 15.0 Å². The molecule has 6 heteroatoms. The lowest BCUT2D eigenvalue weighted by Gasteiger charge is -2.28. The summed E-state index contributed by atoms with van der Waals surface area (Å²) in [5.41, 5.74) is 0.919. The van der Waals surface area contributed by atoms with Crippen LogP contribution in [0, 0.1) is 5.82 Å². The molecule has 0 spiro atoms. The van der Waals surface area contributed by atoms with Gasteiger partial charge in [-0.3, -0.25) is 9.59 Å². The zero-order valence-corrected chi connectivity index (χ0v) is 15.7. The first-order valence-corrected chi connectivity index (χ1v) is 9.00. The highest BCUT2D eigenvalue weighted by Gasteiger charge is 2.26. The number of ether oxygens (including phenoxy) is 1. The van der Waals surface area contributed by atoms with E-state index in [1.54, 1.807) is 6.92 Å². The van der Waals surface area contributed by atoms with Crippen molar-refractivity contribution in [2.75, 3.05) is 13.2 Å². The van der Waals surface area contributed by atoms with Crippen molar-refractivity contribution in [1.82, 2.24) is 10.2 Å². The van der Waals surface area contributed by atoms with E-state index in [0.29, 0.717) is 18.8 Å². The van der Waals surface area contributed by atoms with Gasteiger partial charge in [-0.05, 0) is 43.2 Å². The Hall–Kier alpha value is -2.89. The molecule has 0 heterocycles. The van der Waals surface area contributed by atoms with Crippen LogP contribution < -0.4 is 10.1 Å². The van der Waals surface area contributed by atoms with Crippen molar-refractivity contribution in [3.63, 3.8) is 0 Å². The van der Waals surface area contributed by atoms with E-state index >= 15 is 0 Å². The molecule has 2 rings (SSSR count). The number of benzene rings is 2. The Bertz CT molecular complexity index is 735. The van der Waals surface area contributed by atoms with Gasteiger partial charge in [-0.15, -0.1) is 0 Å². The van der Waals surface area contributed by atoms with Crippen molar-refractivity contribution >= 4 is 11.8 Å². The molecule has 2 aromatic rings. The fraction of sp³-hybridized carbons (Fsp3) is 0.333. The Morgan fingerprint density at radius 3 is 2.41 bits per heavy atom. The SMILES string of the molecule is CCCNC(=O)C(C)N(Cc1ccccc1)C(=O)COc1ccc(F)cc1. The van der Waals surface area contributed by atoms with E-state index in [2.05, 4.69) is 5.32 Å². The summed E-state index contributed by atoms with van der Waals surface area (Å²) < 4.78 is 18.4. The number of rotatable bonds is 9. The highest BCUT2D eigenvalue weighted by atomic mass is 19.1. The van der Waals surface area contributed by atoms with E-state index in [9.17, 15) is 14.0 Å². The quantitative estimate of drug-likeness (QED) is 0.736. The predicted octanol–water partition coefficient (Wildman–Crippen LogP) is 3.15. The molecule has 2 amide bonds. The van der Waals surface area contributed by atoms with Crippen molar-refractivity contribution < 1.29 is 18.7 Å². The Balaban J connectivity index is 2.08. The minimum absolute atomic E-state index is 0.206. The molecule has 0 aromatic heterocycles. The molecular formula is C21H25FN2O3. The number of nitrogens with zero attached hydrogens (tertiary/aromatic N) is 1. The van der Waals surface area contributed by atoms with Gasteiger partial charge in [-0.1, -0.05) is 37.3 Å². The fourth-order valence-corrected chi connectivity index (χ4v) is 2.52. The lowest BCUT2D eigenvalue weighted by molar-refractivity contribution is -0.142. The second-order valence-electron chi connectivity index (χ2n) is 6.22. The molecule has 2 aromatic carbocycles. The summed E-state index contributed by atoms with van der Waals surface area (Å²) in [4.78, 5) is 26.6. The van der Waals surface area contributed by atoms with Gasteiger partial charge in [-0.25, -0.2) is 4.39 Å². The molecule has 1 unspecified atom stereocenters. The largest absolute Gasteiger partial charge is 0.484 e. The van der Waals surface area contributed by atoms with Crippen LogP contribution in [-0.4, -0.2) is 35.9 Å². The van der Waals surface area contributed by atoms with Crippen LogP contribution in [-0.2, 0) is 16.1 Å². The Morgan fingerprint density at radius 2 is 1.78 bits per heavy atom. The average Bonchev–Trinajstić information content (AvgIpc) is 2.69. The fourth-order valence-electron chi connectivity index (χ4n) is 2.52. The van der Waals surface area contributed by atoms with Crippen LogP contribution in [0.1, 0.15) is 25.8 Å². The lowest BCUT2D eigenvalue weighted by atomic mass is 10.1. The van der Waals surface area contributed by atoms with Gasteiger partial charge in [0.05, 0.1) is 0 Å². The van der Waals surface area contributed by atoms with Gasteiger partial charge in [-0.2, -0.15) is 0 Å². The first kappa shape index (κ1) is 20.4. The number of halogens is 1. The van der Waals surface area contributed by atoms with Gasteiger partial charge >= 0.3 is 0 Å². The summed E-state index contributed by atoms with van der Waals surface area (Å²) in [7, 11) is 0. The van der Waals surface area contributed by atoms with E-state index in [-0.39, 0.29) is 24.2 Å². The molecule has 0 aliphatic rings. The van der Waals surface area contributed by atoms with Crippen molar-refractivity contribution in [1.29, 1.82) is 0 Å². The van der Waals surface area contributed by atoms with Crippen molar-refractivity contribution in [2.45, 2.75) is 32.9 Å². The van der Waals surface area contributed by atoms with Gasteiger partial charge in [0.25, 0.3) is 5.91 Å². The topological polar surface area (TPSA) is 58.6 Å². The smallest absolute Gasteiger partial charge is 0.261 e. The third-order valence-corrected chi connectivity index (χ3v) is 4.09. The summed E-state index contributed by atoms with van der Waals surface area (Å²) in [6.45, 7) is 4.29. The zero-order chi connectivity index (χ0) is 19.6. The number of nitrogens with one attached hydrogen (secondary N) is 1. The maximum absolute atomic E-state index is 13.0. The molecule has 0 saturated carbocycles. The van der Waals surface area contributed by atoms with E-state index in [0.717, 1.165) is 12.0 Å². The van der Waals surface area contributed by atoms with Crippen LogP contribution in [0.4, 0.5) is 4.39 Å². The van der Waals surface area contributed by atoms with Crippen molar-refractivity contribution in [2.24, 2.45) is 0 Å². The monoisotopic (exact) mass is 372 g/mol. The first-order valence-electron chi connectivity index (χ1n) is 9.00. The van der Waals surface area contributed by atoms with Crippen LogP contribution in [0.3, 0.4) is 0 Å². The molecule has 1 atom stereocenters. The van der Waals surface area contributed by atoms with Gasteiger partial charge in [0, 0.05) is 13.1 Å². The summed E-state index contributed by atoms with van der Waals surface area (Å²) >= 11 is 0. The molecule has 0 radical (unpaired) electrons. The average molecular weight is 372 g/mol. The number of hydrogen-bond acceptors (Lipinski definition) is 3. The first-order chi connectivity index (χ1) is 13.0. The molecule has 27 heavy (non-hydrogen) atoms. The minimum atomic E-state index is -0.638. The van der Waals surface area contributed by atoms with E-state index in [1.165, 1.54) is 29.2 Å². The molecule has 1 N–H and O–H groups in total. The van der Waals surface area contributed by atoms with Crippen molar-refractivity contribution in [3.05, 3.63) is 66.0 Å². The molecule has 144 valence electrons. The summed E-state index contributed by atoms with van der Waals surface area (Å²) in [6.07, 6.45) is 0.818. The molecule has 0 saturated heterocycles. The predicted molar refractivity (Wildman–Crippen MR) is 102 cm³/mol. The maximum Gasteiger partial charge on any atom is 0.261 e. The summed E-state index contributed by atoms with van der Waals surface area (Å²) in [5.74, 6) is -0.502. The standard InChI is InChI=1S/C21H25FN2O3/c1-3-13-23-21(26)16(2)24(14-17-7-5-4-6-8-17)20(25)15-27-19-11-9-18(22)10-12-19/h4-12,16H,3,13-15H2,1-2H3,(H,23,26). The summed E-state index contributed by atoms with van der Waals surface area (Å²) in [6, 6.07) is 14.3. The molecule has 0 aliphatic carbocycles. The number of amides is 2. The Labute approximate surface area is 159 Å². The van der Waals surface area contributed by atoms with Crippen LogP contribution in [0.15, 0.2) is 54.6 Å². The highest BCUT2D eigenvalue weighted by Crippen LogP contribution is 2.13. The van der Waals surface area contributed by atoms with E-state index < -0.39 is 6.04 Å². The van der Waals surface area contributed by atoms with Crippen LogP contribution in [0.5, 0.6) is 5.75 Å².